The molecule has 0 bridgehead atoms. The van der Waals surface area contributed by atoms with Crippen LogP contribution in [0.25, 0.3) is 0 Å². The minimum absolute atomic E-state index is 0.0549. The van der Waals surface area contributed by atoms with E-state index in [1.54, 1.807) is 0 Å². The Labute approximate surface area is 183 Å². The lowest BCUT2D eigenvalue weighted by molar-refractivity contribution is -0.151. The Bertz CT molecular complexity index is 925. The highest BCUT2D eigenvalue weighted by Gasteiger charge is 2.41. The summed E-state index contributed by atoms with van der Waals surface area (Å²) in [6.45, 7) is 0.144. The predicted molar refractivity (Wildman–Crippen MR) is 108 cm³/mol. The van der Waals surface area contributed by atoms with Gasteiger partial charge in [0.2, 0.25) is 11.7 Å². The summed E-state index contributed by atoms with van der Waals surface area (Å²) in [7, 11) is 4.13. The number of carbonyl (C=O) groups excluding carboxylic acids is 5. The van der Waals surface area contributed by atoms with Crippen molar-refractivity contribution in [3.63, 3.8) is 0 Å². The molecule has 0 aromatic heterocycles. The number of amides is 4. The zero-order chi connectivity index (χ0) is 23.4. The lowest BCUT2D eigenvalue weighted by Crippen LogP contribution is -2.61. The van der Waals surface area contributed by atoms with Crippen LogP contribution in [0.1, 0.15) is 29.6 Å². The number of benzene rings is 1. The number of methoxy groups -OCH3 is 3. The Morgan fingerprint density at radius 3 is 2.28 bits per heavy atom. The third-order valence-corrected chi connectivity index (χ3v) is 5.23. The van der Waals surface area contributed by atoms with Gasteiger partial charge in [-0.1, -0.05) is 0 Å². The predicted octanol–water partition coefficient (Wildman–Crippen LogP) is 0.159. The van der Waals surface area contributed by atoms with E-state index < -0.39 is 23.8 Å². The van der Waals surface area contributed by atoms with Gasteiger partial charge in [-0.05, 0) is 25.0 Å². The number of rotatable bonds is 7. The highest BCUT2D eigenvalue weighted by atomic mass is 16.5. The van der Waals surface area contributed by atoms with Crippen molar-refractivity contribution in [2.45, 2.75) is 25.3 Å². The van der Waals surface area contributed by atoms with Crippen LogP contribution in [-0.4, -0.2) is 85.4 Å². The monoisotopic (exact) mass is 448 g/mol. The van der Waals surface area contributed by atoms with Crippen molar-refractivity contribution in [3.05, 3.63) is 17.7 Å². The van der Waals surface area contributed by atoms with Gasteiger partial charge in [-0.2, -0.15) is 0 Å². The molecule has 12 heteroatoms. The Hall–Kier alpha value is -3.83. The lowest BCUT2D eigenvalue weighted by Gasteiger charge is -2.41. The smallest absolute Gasteiger partial charge is 0.358 e. The minimum atomic E-state index is -1.10. The molecule has 12 nitrogen and oxygen atoms in total. The molecule has 2 saturated heterocycles. The number of fused-ring (bicyclic) bond motifs is 1. The maximum atomic E-state index is 13.0. The van der Waals surface area contributed by atoms with E-state index in [0.29, 0.717) is 25.7 Å². The molecule has 4 amide bonds. The average Bonchev–Trinajstić information content (AvgIpc) is 2.94. The van der Waals surface area contributed by atoms with Gasteiger partial charge >= 0.3 is 11.9 Å². The molecular formula is C20H24N4O8. The summed E-state index contributed by atoms with van der Waals surface area (Å²) in [5, 5.41) is 3.13. The number of urea groups is 1. The minimum Gasteiger partial charge on any atom is -0.493 e. The molecule has 172 valence electrons. The fourth-order valence-corrected chi connectivity index (χ4v) is 3.65. The number of aldehydes is 1. The van der Waals surface area contributed by atoms with E-state index >= 15 is 0 Å². The number of carbonyl (C=O) groups is 5. The SMILES string of the molecule is COc1cc(C(=O)C(=O)NN2CCC(=O)N3CCC[C@@H](C=O)N3C2=O)cc(OC)c1OC. The summed E-state index contributed by atoms with van der Waals surface area (Å²) < 4.78 is 15.6. The van der Waals surface area contributed by atoms with Crippen LogP contribution >= 0.6 is 0 Å². The van der Waals surface area contributed by atoms with Crippen LogP contribution in [-0.2, 0) is 14.4 Å². The molecule has 0 unspecified atom stereocenters. The number of hydrogen-bond acceptors (Lipinski definition) is 8. The van der Waals surface area contributed by atoms with Gasteiger partial charge < -0.3 is 19.0 Å². The molecule has 2 aliphatic heterocycles. The second kappa shape index (κ2) is 9.54. The van der Waals surface area contributed by atoms with Crippen molar-refractivity contribution in [1.29, 1.82) is 0 Å². The van der Waals surface area contributed by atoms with E-state index in [9.17, 15) is 24.0 Å². The van der Waals surface area contributed by atoms with Gasteiger partial charge in [-0.25, -0.2) is 19.8 Å². The molecule has 3 rings (SSSR count). The fraction of sp³-hybridized carbons (Fsp3) is 0.450. The van der Waals surface area contributed by atoms with Gasteiger partial charge in [-0.3, -0.25) is 19.8 Å². The van der Waals surface area contributed by atoms with Crippen molar-refractivity contribution in [2.75, 3.05) is 34.4 Å². The Balaban J connectivity index is 1.83. The van der Waals surface area contributed by atoms with E-state index in [2.05, 4.69) is 5.43 Å². The van der Waals surface area contributed by atoms with Crippen LogP contribution in [0.4, 0.5) is 4.79 Å². The molecule has 1 aromatic rings. The molecule has 2 heterocycles. The van der Waals surface area contributed by atoms with Crippen molar-refractivity contribution in [3.8, 4) is 17.2 Å². The van der Waals surface area contributed by atoms with Crippen LogP contribution in [0.2, 0.25) is 0 Å². The number of hydrogen-bond donors (Lipinski definition) is 1. The molecule has 32 heavy (non-hydrogen) atoms. The first kappa shape index (κ1) is 22.8. The first-order chi connectivity index (χ1) is 15.4. The summed E-state index contributed by atoms with van der Waals surface area (Å²) >= 11 is 0. The van der Waals surface area contributed by atoms with Gasteiger partial charge in [0, 0.05) is 18.5 Å². The topological polar surface area (TPSA) is 135 Å². The van der Waals surface area contributed by atoms with Crippen LogP contribution < -0.4 is 19.6 Å². The number of nitrogens with one attached hydrogen (secondary N) is 1. The van der Waals surface area contributed by atoms with Crippen molar-refractivity contribution in [1.82, 2.24) is 20.5 Å². The Morgan fingerprint density at radius 2 is 1.72 bits per heavy atom. The normalized spacial score (nSPS) is 18.5. The molecule has 0 spiro atoms. The molecule has 1 atom stereocenters. The number of ketones is 1. The van der Waals surface area contributed by atoms with Crippen LogP contribution in [0.5, 0.6) is 17.2 Å². The van der Waals surface area contributed by atoms with Crippen LogP contribution in [0.15, 0.2) is 12.1 Å². The first-order valence-corrected chi connectivity index (χ1v) is 9.87. The first-order valence-electron chi connectivity index (χ1n) is 9.87. The van der Waals surface area contributed by atoms with Gasteiger partial charge in [0.05, 0.1) is 27.9 Å². The van der Waals surface area contributed by atoms with E-state index in [0.717, 1.165) is 10.0 Å². The zero-order valence-electron chi connectivity index (χ0n) is 18.0. The zero-order valence-corrected chi connectivity index (χ0v) is 18.0. The van der Waals surface area contributed by atoms with Gasteiger partial charge in [0.25, 0.3) is 5.78 Å². The highest BCUT2D eigenvalue weighted by molar-refractivity contribution is 6.43. The second-order valence-corrected chi connectivity index (χ2v) is 7.08. The van der Waals surface area contributed by atoms with Crippen LogP contribution in [0.3, 0.4) is 0 Å². The van der Waals surface area contributed by atoms with Crippen LogP contribution in [0, 0.1) is 0 Å². The molecule has 2 fully saturated rings. The standard InChI is InChI=1S/C20H24N4O8/c1-30-14-9-12(10-15(31-2)18(14)32-3)17(27)19(28)21-22-8-6-16(26)23-7-4-5-13(11-25)24(23)20(22)29/h9-11,13H,4-8H2,1-3H3,(H,21,28)/t13-/m0/s1. The van der Waals surface area contributed by atoms with Crippen molar-refractivity contribution >= 4 is 29.9 Å². The third-order valence-electron chi connectivity index (χ3n) is 5.23. The Kier molecular flexibility index (Phi) is 6.81. The molecule has 0 saturated carbocycles. The summed E-state index contributed by atoms with van der Waals surface area (Å²) in [6.07, 6.45) is 1.48. The average molecular weight is 448 g/mol. The summed E-state index contributed by atoms with van der Waals surface area (Å²) in [5.74, 6) is -1.81. The summed E-state index contributed by atoms with van der Waals surface area (Å²) in [4.78, 5) is 62.3. The van der Waals surface area contributed by atoms with Crippen molar-refractivity contribution < 1.29 is 38.2 Å². The molecule has 0 radical (unpaired) electrons. The third kappa shape index (κ3) is 4.15. The Morgan fingerprint density at radius 1 is 1.06 bits per heavy atom. The number of nitrogens with zero attached hydrogens (tertiary/aromatic N) is 3. The maximum Gasteiger partial charge on any atom is 0.358 e. The summed E-state index contributed by atoms with van der Waals surface area (Å²) in [6, 6.07) is 1.03. The summed E-state index contributed by atoms with van der Waals surface area (Å²) in [5.41, 5.74) is 2.20. The van der Waals surface area contributed by atoms with Crippen molar-refractivity contribution in [2.24, 2.45) is 0 Å². The van der Waals surface area contributed by atoms with E-state index in [1.807, 2.05) is 0 Å². The van der Waals surface area contributed by atoms with E-state index in [4.69, 9.17) is 14.2 Å². The van der Waals surface area contributed by atoms with E-state index in [-0.39, 0.29) is 41.7 Å². The van der Waals surface area contributed by atoms with Gasteiger partial charge in [-0.15, -0.1) is 0 Å². The van der Waals surface area contributed by atoms with Gasteiger partial charge in [0.1, 0.15) is 12.3 Å². The number of hydrazine groups is 2. The number of Topliss-reactive ketones (excluding diaryl/α,β-unsaturated/α-hetero) is 1. The quantitative estimate of drug-likeness (QED) is 0.354. The maximum absolute atomic E-state index is 13.0. The second-order valence-electron chi connectivity index (χ2n) is 7.08. The molecule has 2 aliphatic rings. The number of ether oxygens (including phenoxy) is 3. The fourth-order valence-electron chi connectivity index (χ4n) is 3.65. The molecular weight excluding hydrogens is 424 g/mol. The highest BCUT2D eigenvalue weighted by Crippen LogP contribution is 2.38. The van der Waals surface area contributed by atoms with Gasteiger partial charge in [0.15, 0.2) is 11.5 Å². The lowest BCUT2D eigenvalue weighted by atomic mass is 10.1. The van der Waals surface area contributed by atoms with E-state index in [1.165, 1.54) is 38.5 Å². The largest absolute Gasteiger partial charge is 0.493 e. The molecule has 1 aromatic carbocycles. The molecule has 1 N–H and O–H groups in total. The molecule has 0 aliphatic carbocycles.